The third-order valence-corrected chi connectivity index (χ3v) is 4.97. The first kappa shape index (κ1) is 15.9. The maximum Gasteiger partial charge on any atom is 0.232 e. The van der Waals surface area contributed by atoms with E-state index in [1.54, 1.807) is 0 Å². The van der Waals surface area contributed by atoms with Crippen LogP contribution in [0.1, 0.15) is 17.7 Å². The summed E-state index contributed by atoms with van der Waals surface area (Å²) in [6.07, 6.45) is 3.15. The van der Waals surface area contributed by atoms with E-state index >= 15 is 0 Å². The second-order valence-corrected chi connectivity index (χ2v) is 6.68. The van der Waals surface area contributed by atoms with Gasteiger partial charge >= 0.3 is 0 Å². The van der Waals surface area contributed by atoms with Gasteiger partial charge in [-0.25, -0.2) is 4.98 Å². The third-order valence-electron chi connectivity index (χ3n) is 4.97. The van der Waals surface area contributed by atoms with Gasteiger partial charge in [0.05, 0.1) is 0 Å². The van der Waals surface area contributed by atoms with Gasteiger partial charge in [0.2, 0.25) is 12.4 Å². The van der Waals surface area contributed by atoms with E-state index in [1.165, 1.54) is 11.3 Å². The Bertz CT molecular complexity index is 770. The second kappa shape index (κ2) is 6.70. The zero-order chi connectivity index (χ0) is 17.2. The van der Waals surface area contributed by atoms with Crippen molar-refractivity contribution >= 4 is 23.9 Å². The van der Waals surface area contributed by atoms with E-state index in [4.69, 9.17) is 9.97 Å². The van der Waals surface area contributed by atoms with Crippen LogP contribution in [0.4, 0.5) is 17.5 Å². The van der Waals surface area contributed by atoms with E-state index in [1.807, 2.05) is 17.9 Å². The van der Waals surface area contributed by atoms with Crippen LogP contribution in [0.25, 0.3) is 0 Å². The maximum atomic E-state index is 10.9. The molecule has 0 aliphatic carbocycles. The summed E-state index contributed by atoms with van der Waals surface area (Å²) in [6, 6.07) is 10.6. The molecule has 1 saturated heterocycles. The minimum atomic E-state index is 0.744. The minimum Gasteiger partial charge on any atom is -0.353 e. The molecule has 25 heavy (non-hydrogen) atoms. The summed E-state index contributed by atoms with van der Waals surface area (Å²) in [5.74, 6) is 1.73. The van der Waals surface area contributed by atoms with Crippen LogP contribution in [-0.2, 0) is 11.2 Å². The number of piperazine rings is 1. The van der Waals surface area contributed by atoms with Crippen LogP contribution in [0.5, 0.6) is 0 Å². The van der Waals surface area contributed by atoms with E-state index in [-0.39, 0.29) is 0 Å². The van der Waals surface area contributed by atoms with Crippen LogP contribution in [-0.4, -0.2) is 54.0 Å². The van der Waals surface area contributed by atoms with E-state index in [2.05, 4.69) is 34.1 Å². The van der Waals surface area contributed by atoms with Gasteiger partial charge in [0.1, 0.15) is 5.82 Å². The van der Waals surface area contributed by atoms with Crippen LogP contribution < -0.4 is 9.80 Å². The van der Waals surface area contributed by atoms with Crippen molar-refractivity contribution < 1.29 is 4.79 Å². The fourth-order valence-electron chi connectivity index (χ4n) is 3.62. The number of para-hydroxylation sites is 1. The van der Waals surface area contributed by atoms with Crippen molar-refractivity contribution in [3.63, 3.8) is 0 Å². The summed E-state index contributed by atoms with van der Waals surface area (Å²) in [6.45, 7) is 6.07. The largest absolute Gasteiger partial charge is 0.353 e. The Hall–Kier alpha value is -2.63. The first-order valence-electron chi connectivity index (χ1n) is 8.90. The summed E-state index contributed by atoms with van der Waals surface area (Å²) < 4.78 is 0. The Morgan fingerprint density at radius 3 is 2.64 bits per heavy atom. The molecule has 1 fully saturated rings. The number of hydrogen-bond donors (Lipinski definition) is 0. The number of aryl methyl sites for hydroxylation is 2. The molecular formula is C19H23N5O. The monoisotopic (exact) mass is 337 g/mol. The summed E-state index contributed by atoms with van der Waals surface area (Å²) in [4.78, 5) is 26.8. The molecule has 0 saturated carbocycles. The summed E-state index contributed by atoms with van der Waals surface area (Å²) in [7, 11) is 0. The maximum absolute atomic E-state index is 10.9. The molecule has 6 nitrogen and oxygen atoms in total. The summed E-state index contributed by atoms with van der Waals surface area (Å²) in [5.41, 5.74) is 3.55. The Morgan fingerprint density at radius 2 is 1.84 bits per heavy atom. The van der Waals surface area contributed by atoms with Gasteiger partial charge in [-0.1, -0.05) is 18.2 Å². The predicted octanol–water partition coefficient (Wildman–Crippen LogP) is 2.15. The van der Waals surface area contributed by atoms with E-state index in [0.717, 1.165) is 69.4 Å². The van der Waals surface area contributed by atoms with Gasteiger partial charge < -0.3 is 14.7 Å². The average Bonchev–Trinajstić information content (AvgIpc) is 2.67. The number of anilines is 3. The number of amides is 1. The number of carbonyl (C=O) groups is 1. The highest BCUT2D eigenvalue weighted by Crippen LogP contribution is 2.32. The first-order chi connectivity index (χ1) is 12.2. The molecule has 1 aromatic heterocycles. The van der Waals surface area contributed by atoms with Crippen molar-refractivity contribution in [1.82, 2.24) is 14.9 Å². The third kappa shape index (κ3) is 3.16. The van der Waals surface area contributed by atoms with Crippen molar-refractivity contribution in [3.05, 3.63) is 41.6 Å². The van der Waals surface area contributed by atoms with Crippen LogP contribution in [0, 0.1) is 6.92 Å². The molecule has 130 valence electrons. The highest BCUT2D eigenvalue weighted by Gasteiger charge is 2.22. The predicted molar refractivity (Wildman–Crippen MR) is 98.4 cm³/mol. The van der Waals surface area contributed by atoms with Crippen molar-refractivity contribution in [2.75, 3.05) is 42.5 Å². The molecule has 0 unspecified atom stereocenters. The van der Waals surface area contributed by atoms with Crippen LogP contribution in [0.3, 0.4) is 0 Å². The zero-order valence-electron chi connectivity index (χ0n) is 14.6. The lowest BCUT2D eigenvalue weighted by molar-refractivity contribution is -0.118. The molecule has 3 heterocycles. The quantitative estimate of drug-likeness (QED) is 0.803. The van der Waals surface area contributed by atoms with Gasteiger partial charge in [0.15, 0.2) is 0 Å². The Kier molecular flexibility index (Phi) is 4.26. The number of aromatic nitrogens is 2. The van der Waals surface area contributed by atoms with Gasteiger partial charge in [-0.15, -0.1) is 0 Å². The van der Waals surface area contributed by atoms with Crippen molar-refractivity contribution in [2.24, 2.45) is 0 Å². The molecule has 1 amide bonds. The molecule has 6 heteroatoms. The molecule has 2 aromatic rings. The van der Waals surface area contributed by atoms with Crippen molar-refractivity contribution in [2.45, 2.75) is 19.8 Å². The van der Waals surface area contributed by atoms with E-state index < -0.39 is 0 Å². The molecule has 0 spiro atoms. The number of fused-ring (bicyclic) bond motifs is 1. The van der Waals surface area contributed by atoms with Gasteiger partial charge in [-0.05, 0) is 31.4 Å². The number of carbonyl (C=O) groups excluding carboxylic acids is 1. The Balaban J connectivity index is 1.64. The Labute approximate surface area is 148 Å². The Morgan fingerprint density at radius 1 is 1.04 bits per heavy atom. The molecule has 4 rings (SSSR count). The molecule has 1 aromatic carbocycles. The SMILES string of the molecule is Cc1cc(N2CCN(C=O)CC2)nc(N2CCCc3ccccc32)n1. The topological polar surface area (TPSA) is 52.6 Å². The first-order valence-corrected chi connectivity index (χ1v) is 8.90. The molecule has 0 radical (unpaired) electrons. The molecule has 2 aliphatic heterocycles. The summed E-state index contributed by atoms with van der Waals surface area (Å²) in [5, 5.41) is 0. The fraction of sp³-hybridized carbons (Fsp3) is 0.421. The highest BCUT2D eigenvalue weighted by molar-refractivity contribution is 5.64. The number of rotatable bonds is 3. The fourth-order valence-corrected chi connectivity index (χ4v) is 3.62. The van der Waals surface area contributed by atoms with E-state index in [0.29, 0.717) is 0 Å². The molecule has 0 N–H and O–H groups in total. The van der Waals surface area contributed by atoms with E-state index in [9.17, 15) is 4.79 Å². The molecule has 0 atom stereocenters. The minimum absolute atomic E-state index is 0.744. The average molecular weight is 337 g/mol. The van der Waals surface area contributed by atoms with Gasteiger partial charge in [-0.3, -0.25) is 4.79 Å². The lowest BCUT2D eigenvalue weighted by atomic mass is 10.0. The number of hydrogen-bond acceptors (Lipinski definition) is 5. The van der Waals surface area contributed by atoms with Gasteiger partial charge in [0.25, 0.3) is 0 Å². The molecule has 2 aliphatic rings. The smallest absolute Gasteiger partial charge is 0.232 e. The van der Waals surface area contributed by atoms with Crippen molar-refractivity contribution in [1.29, 1.82) is 0 Å². The summed E-state index contributed by atoms with van der Waals surface area (Å²) >= 11 is 0. The zero-order valence-corrected chi connectivity index (χ0v) is 14.6. The molecular weight excluding hydrogens is 314 g/mol. The highest BCUT2D eigenvalue weighted by atomic mass is 16.1. The second-order valence-electron chi connectivity index (χ2n) is 6.68. The van der Waals surface area contributed by atoms with Crippen LogP contribution >= 0.6 is 0 Å². The van der Waals surface area contributed by atoms with Crippen LogP contribution in [0.15, 0.2) is 30.3 Å². The van der Waals surface area contributed by atoms with Crippen LogP contribution in [0.2, 0.25) is 0 Å². The lowest BCUT2D eigenvalue weighted by Gasteiger charge is -2.34. The normalized spacial score (nSPS) is 17.4. The number of benzene rings is 1. The number of nitrogens with zero attached hydrogens (tertiary/aromatic N) is 5. The lowest BCUT2D eigenvalue weighted by Crippen LogP contribution is -2.46. The van der Waals surface area contributed by atoms with Gasteiger partial charge in [0, 0.05) is 50.2 Å². The standard InChI is InChI=1S/C19H23N5O/c1-15-13-18(23-11-9-22(14-25)10-12-23)21-19(20-15)24-8-4-6-16-5-2-3-7-17(16)24/h2-3,5,7,13-14H,4,6,8-12H2,1H3. The van der Waals surface area contributed by atoms with Gasteiger partial charge in [-0.2, -0.15) is 4.98 Å². The van der Waals surface area contributed by atoms with Crippen molar-refractivity contribution in [3.8, 4) is 0 Å². The molecule has 0 bridgehead atoms.